The van der Waals surface area contributed by atoms with E-state index >= 15 is 0 Å². The van der Waals surface area contributed by atoms with Crippen LogP contribution in [0.1, 0.15) is 53.4 Å². The lowest BCUT2D eigenvalue weighted by molar-refractivity contribution is -0.122. The van der Waals surface area contributed by atoms with Gasteiger partial charge in [0.25, 0.3) is 0 Å². The van der Waals surface area contributed by atoms with Gasteiger partial charge in [0.05, 0.1) is 6.10 Å². The van der Waals surface area contributed by atoms with E-state index in [1.54, 1.807) is 0 Å². The first kappa shape index (κ1) is 17.4. The molecule has 0 aliphatic heterocycles. The molecule has 4 heteroatoms. The van der Waals surface area contributed by atoms with Crippen LogP contribution in [0.4, 0.5) is 0 Å². The Balaban J connectivity index is 4.00. The minimum Gasteiger partial charge on any atom is -0.391 e. The lowest BCUT2D eigenvalue weighted by Crippen LogP contribution is -2.32. The van der Waals surface area contributed by atoms with Crippen LogP contribution in [-0.4, -0.2) is 30.2 Å². The summed E-state index contributed by atoms with van der Waals surface area (Å²) in [6.07, 6.45) is 2.55. The number of aliphatic hydroxyl groups excluding tert-OH is 1. The second kappa shape index (κ2) is 8.48. The summed E-state index contributed by atoms with van der Waals surface area (Å²) in [5, 5.41) is 12.1. The molecule has 0 spiro atoms. The Morgan fingerprint density at radius 1 is 1.33 bits per heavy atom. The van der Waals surface area contributed by atoms with Crippen molar-refractivity contribution in [3.63, 3.8) is 0 Å². The van der Waals surface area contributed by atoms with Gasteiger partial charge in [-0.1, -0.05) is 27.7 Å². The molecule has 0 saturated carbocycles. The maximum absolute atomic E-state index is 11.6. The highest BCUT2D eigenvalue weighted by Crippen LogP contribution is 2.31. The SMILES string of the molecule is CCC(O)CNC(=O)CCC(CCN)C(C)(C)C. The van der Waals surface area contributed by atoms with Crippen molar-refractivity contribution in [2.75, 3.05) is 13.1 Å². The van der Waals surface area contributed by atoms with Gasteiger partial charge in [-0.2, -0.15) is 0 Å². The lowest BCUT2D eigenvalue weighted by atomic mass is 9.76. The molecule has 2 atom stereocenters. The average molecular weight is 258 g/mol. The zero-order valence-corrected chi connectivity index (χ0v) is 12.3. The Bertz CT molecular complexity index is 236. The smallest absolute Gasteiger partial charge is 0.220 e. The quantitative estimate of drug-likeness (QED) is 0.620. The lowest BCUT2D eigenvalue weighted by Gasteiger charge is -2.30. The molecule has 0 saturated heterocycles. The van der Waals surface area contributed by atoms with E-state index in [2.05, 4.69) is 26.1 Å². The van der Waals surface area contributed by atoms with E-state index in [1.165, 1.54) is 0 Å². The number of amides is 1. The Morgan fingerprint density at radius 2 is 1.94 bits per heavy atom. The van der Waals surface area contributed by atoms with Gasteiger partial charge in [0.15, 0.2) is 0 Å². The summed E-state index contributed by atoms with van der Waals surface area (Å²) in [5.74, 6) is 0.484. The van der Waals surface area contributed by atoms with Gasteiger partial charge in [-0.25, -0.2) is 0 Å². The summed E-state index contributed by atoms with van der Waals surface area (Å²) in [6, 6.07) is 0. The average Bonchev–Trinajstić information content (AvgIpc) is 2.29. The molecule has 1 amide bonds. The summed E-state index contributed by atoms with van der Waals surface area (Å²) in [7, 11) is 0. The van der Waals surface area contributed by atoms with E-state index in [0.717, 1.165) is 12.8 Å². The van der Waals surface area contributed by atoms with E-state index in [0.29, 0.717) is 31.8 Å². The van der Waals surface area contributed by atoms with Crippen LogP contribution in [0, 0.1) is 11.3 Å². The van der Waals surface area contributed by atoms with E-state index < -0.39 is 6.10 Å². The number of aliphatic hydroxyl groups is 1. The Kier molecular flexibility index (Phi) is 8.20. The second-order valence-electron chi connectivity index (χ2n) is 6.05. The van der Waals surface area contributed by atoms with Crippen molar-refractivity contribution < 1.29 is 9.90 Å². The van der Waals surface area contributed by atoms with Gasteiger partial charge < -0.3 is 16.2 Å². The van der Waals surface area contributed by atoms with Crippen molar-refractivity contribution >= 4 is 5.91 Å². The number of nitrogens with one attached hydrogen (secondary N) is 1. The first-order chi connectivity index (χ1) is 8.31. The van der Waals surface area contributed by atoms with Crippen LogP contribution < -0.4 is 11.1 Å². The van der Waals surface area contributed by atoms with Gasteiger partial charge >= 0.3 is 0 Å². The highest BCUT2D eigenvalue weighted by Gasteiger charge is 2.24. The van der Waals surface area contributed by atoms with Gasteiger partial charge in [0, 0.05) is 13.0 Å². The number of carbonyl (C=O) groups is 1. The molecule has 0 aliphatic rings. The van der Waals surface area contributed by atoms with Crippen molar-refractivity contribution in [3.8, 4) is 0 Å². The number of hydrogen-bond acceptors (Lipinski definition) is 3. The molecular formula is C14H30N2O2. The predicted molar refractivity (Wildman–Crippen MR) is 75.2 cm³/mol. The molecule has 0 rings (SSSR count). The molecule has 0 radical (unpaired) electrons. The van der Waals surface area contributed by atoms with Crippen LogP contribution in [-0.2, 0) is 4.79 Å². The van der Waals surface area contributed by atoms with Crippen molar-refractivity contribution in [2.45, 2.75) is 59.5 Å². The molecular weight excluding hydrogens is 228 g/mol. The van der Waals surface area contributed by atoms with Crippen molar-refractivity contribution in [1.29, 1.82) is 0 Å². The van der Waals surface area contributed by atoms with E-state index in [4.69, 9.17) is 5.73 Å². The van der Waals surface area contributed by atoms with Crippen LogP contribution in [0.5, 0.6) is 0 Å². The Hall–Kier alpha value is -0.610. The Labute approximate surface area is 111 Å². The van der Waals surface area contributed by atoms with Crippen molar-refractivity contribution in [1.82, 2.24) is 5.32 Å². The maximum Gasteiger partial charge on any atom is 0.220 e. The summed E-state index contributed by atoms with van der Waals surface area (Å²) in [4.78, 5) is 11.6. The van der Waals surface area contributed by atoms with Gasteiger partial charge in [0.2, 0.25) is 5.91 Å². The standard InChI is InChI=1S/C14H30N2O2/c1-5-12(17)10-16-13(18)7-6-11(8-9-15)14(2,3)4/h11-12,17H,5-10,15H2,1-4H3,(H,16,18). The van der Waals surface area contributed by atoms with Crippen molar-refractivity contribution in [2.24, 2.45) is 17.1 Å². The van der Waals surface area contributed by atoms with E-state index in [1.807, 2.05) is 6.92 Å². The van der Waals surface area contributed by atoms with Gasteiger partial charge in [-0.05, 0) is 37.1 Å². The summed E-state index contributed by atoms with van der Waals surface area (Å²) < 4.78 is 0. The molecule has 18 heavy (non-hydrogen) atoms. The molecule has 0 heterocycles. The van der Waals surface area contributed by atoms with Crippen LogP contribution >= 0.6 is 0 Å². The largest absolute Gasteiger partial charge is 0.391 e. The minimum absolute atomic E-state index is 0.0220. The van der Waals surface area contributed by atoms with E-state index in [9.17, 15) is 9.90 Å². The van der Waals surface area contributed by atoms with Crippen LogP contribution in [0.2, 0.25) is 0 Å². The fourth-order valence-electron chi connectivity index (χ4n) is 1.98. The number of nitrogens with two attached hydrogens (primary N) is 1. The summed E-state index contributed by atoms with van der Waals surface area (Å²) in [6.45, 7) is 9.47. The molecule has 2 unspecified atom stereocenters. The highest BCUT2D eigenvalue weighted by atomic mass is 16.3. The van der Waals surface area contributed by atoms with E-state index in [-0.39, 0.29) is 11.3 Å². The molecule has 0 aromatic heterocycles. The molecule has 0 aromatic carbocycles. The molecule has 108 valence electrons. The monoisotopic (exact) mass is 258 g/mol. The summed E-state index contributed by atoms with van der Waals surface area (Å²) >= 11 is 0. The molecule has 4 nitrogen and oxygen atoms in total. The fraction of sp³-hybridized carbons (Fsp3) is 0.929. The molecule has 0 fully saturated rings. The first-order valence-corrected chi connectivity index (χ1v) is 6.96. The fourth-order valence-corrected chi connectivity index (χ4v) is 1.98. The molecule has 0 bridgehead atoms. The maximum atomic E-state index is 11.6. The zero-order valence-electron chi connectivity index (χ0n) is 12.3. The topological polar surface area (TPSA) is 75.3 Å². The third kappa shape index (κ3) is 7.67. The zero-order chi connectivity index (χ0) is 14.2. The third-order valence-corrected chi connectivity index (χ3v) is 3.47. The molecule has 0 aromatic rings. The molecule has 0 aliphatic carbocycles. The normalized spacial score (nSPS) is 15.2. The number of rotatable bonds is 8. The Morgan fingerprint density at radius 3 is 2.39 bits per heavy atom. The van der Waals surface area contributed by atoms with Gasteiger partial charge in [0.1, 0.15) is 0 Å². The van der Waals surface area contributed by atoms with Crippen LogP contribution in [0.3, 0.4) is 0 Å². The second-order valence-corrected chi connectivity index (χ2v) is 6.05. The predicted octanol–water partition coefficient (Wildman–Crippen LogP) is 1.66. The van der Waals surface area contributed by atoms with Gasteiger partial charge in [-0.15, -0.1) is 0 Å². The van der Waals surface area contributed by atoms with Crippen LogP contribution in [0.15, 0.2) is 0 Å². The number of hydrogen-bond donors (Lipinski definition) is 3. The first-order valence-electron chi connectivity index (χ1n) is 6.96. The van der Waals surface area contributed by atoms with Crippen molar-refractivity contribution in [3.05, 3.63) is 0 Å². The third-order valence-electron chi connectivity index (χ3n) is 3.47. The van der Waals surface area contributed by atoms with Crippen LogP contribution in [0.25, 0.3) is 0 Å². The summed E-state index contributed by atoms with van der Waals surface area (Å²) in [5.41, 5.74) is 5.80. The van der Waals surface area contributed by atoms with Gasteiger partial charge in [-0.3, -0.25) is 4.79 Å². The number of carbonyl (C=O) groups excluding carboxylic acids is 1. The molecule has 4 N–H and O–H groups in total. The minimum atomic E-state index is -0.434. The highest BCUT2D eigenvalue weighted by molar-refractivity contribution is 5.75.